The van der Waals surface area contributed by atoms with E-state index >= 15 is 0 Å². The lowest BCUT2D eigenvalue weighted by molar-refractivity contribution is 0.102. The Hall–Kier alpha value is -4.00. The zero-order chi connectivity index (χ0) is 21.1. The minimum atomic E-state index is -0.477. The van der Waals surface area contributed by atoms with E-state index in [0.717, 1.165) is 5.56 Å². The van der Waals surface area contributed by atoms with Gasteiger partial charge >= 0.3 is 0 Å². The van der Waals surface area contributed by atoms with Crippen LogP contribution in [0, 0.1) is 12.7 Å². The molecule has 0 radical (unpaired) electrons. The maximum absolute atomic E-state index is 13.3. The van der Waals surface area contributed by atoms with Crippen molar-refractivity contribution in [3.63, 3.8) is 0 Å². The highest BCUT2D eigenvalue weighted by Crippen LogP contribution is 2.24. The van der Waals surface area contributed by atoms with Crippen LogP contribution >= 0.6 is 0 Å². The molecule has 4 rings (SSSR count). The van der Waals surface area contributed by atoms with Gasteiger partial charge in [-0.1, -0.05) is 18.2 Å². The van der Waals surface area contributed by atoms with E-state index in [2.05, 4.69) is 10.3 Å². The lowest BCUT2D eigenvalue weighted by atomic mass is 10.1. The number of benzene rings is 2. The van der Waals surface area contributed by atoms with Gasteiger partial charge in [-0.25, -0.2) is 9.37 Å². The molecule has 30 heavy (non-hydrogen) atoms. The van der Waals surface area contributed by atoms with Gasteiger partial charge in [0.15, 0.2) is 0 Å². The molecule has 1 N–H and O–H groups in total. The SMILES string of the molecule is Cc1ccc(NC(=O)c2cccc(F)c2)cc1OCc1cc(=O)n2ccccc2n1. The summed E-state index contributed by atoms with van der Waals surface area (Å²) in [5.41, 5.74) is 2.44. The second-order valence-corrected chi connectivity index (χ2v) is 6.75. The van der Waals surface area contributed by atoms with Crippen molar-refractivity contribution in [2.45, 2.75) is 13.5 Å². The summed E-state index contributed by atoms with van der Waals surface area (Å²) in [4.78, 5) is 29.0. The molecule has 2 aromatic carbocycles. The van der Waals surface area contributed by atoms with Crippen LogP contribution in [0.2, 0.25) is 0 Å². The number of rotatable bonds is 5. The Morgan fingerprint density at radius 1 is 1.10 bits per heavy atom. The number of hydrogen-bond donors (Lipinski definition) is 1. The summed E-state index contributed by atoms with van der Waals surface area (Å²) < 4.78 is 20.6. The summed E-state index contributed by atoms with van der Waals surface area (Å²) in [5.74, 6) is -0.356. The molecule has 2 aromatic heterocycles. The molecule has 150 valence electrons. The first-order chi connectivity index (χ1) is 14.5. The summed E-state index contributed by atoms with van der Waals surface area (Å²) in [6.45, 7) is 1.97. The molecule has 0 saturated heterocycles. The molecule has 7 heteroatoms. The number of carbonyl (C=O) groups excluding carboxylic acids is 1. The standard InChI is InChI=1S/C23H18FN3O3/c1-15-8-9-18(26-23(29)16-5-4-6-17(24)11-16)12-20(15)30-14-19-13-22(28)27-10-3-2-7-21(27)25-19/h2-13H,14H2,1H3,(H,26,29). The molecule has 0 aliphatic carbocycles. The summed E-state index contributed by atoms with van der Waals surface area (Å²) in [6.07, 6.45) is 1.66. The Balaban J connectivity index is 1.51. The number of pyridine rings is 1. The lowest BCUT2D eigenvalue weighted by Crippen LogP contribution is -2.16. The fraction of sp³-hybridized carbons (Fsp3) is 0.0870. The van der Waals surface area contributed by atoms with E-state index in [0.29, 0.717) is 22.8 Å². The van der Waals surface area contributed by atoms with Crippen LogP contribution in [-0.4, -0.2) is 15.3 Å². The monoisotopic (exact) mass is 403 g/mol. The van der Waals surface area contributed by atoms with Gasteiger partial charge in [0.1, 0.15) is 23.8 Å². The third kappa shape index (κ3) is 4.20. The van der Waals surface area contributed by atoms with Crippen molar-refractivity contribution in [1.29, 1.82) is 0 Å². The molecule has 0 spiro atoms. The number of nitrogens with zero attached hydrogens (tertiary/aromatic N) is 2. The summed E-state index contributed by atoms with van der Waals surface area (Å²) in [5, 5.41) is 2.73. The highest BCUT2D eigenvalue weighted by Gasteiger charge is 2.10. The topological polar surface area (TPSA) is 72.7 Å². The average molecular weight is 403 g/mol. The maximum Gasteiger partial charge on any atom is 0.258 e. The average Bonchev–Trinajstić information content (AvgIpc) is 2.74. The summed E-state index contributed by atoms with van der Waals surface area (Å²) in [7, 11) is 0. The molecule has 0 aliphatic heterocycles. The van der Waals surface area contributed by atoms with Crippen molar-refractivity contribution < 1.29 is 13.9 Å². The molecule has 1 amide bonds. The molecule has 2 heterocycles. The second kappa shape index (κ2) is 8.16. The largest absolute Gasteiger partial charge is 0.487 e. The number of carbonyl (C=O) groups is 1. The second-order valence-electron chi connectivity index (χ2n) is 6.75. The minimum Gasteiger partial charge on any atom is -0.487 e. The van der Waals surface area contributed by atoms with Crippen LogP contribution in [0.25, 0.3) is 5.65 Å². The van der Waals surface area contributed by atoms with Gasteiger partial charge in [0.2, 0.25) is 0 Å². The number of nitrogens with one attached hydrogen (secondary N) is 1. The Bertz CT molecular complexity index is 1300. The summed E-state index contributed by atoms with van der Waals surface area (Å²) in [6, 6.07) is 17.4. The lowest BCUT2D eigenvalue weighted by Gasteiger charge is -2.12. The van der Waals surface area contributed by atoms with Crippen molar-refractivity contribution >= 4 is 17.2 Å². The van der Waals surface area contributed by atoms with E-state index in [4.69, 9.17) is 4.74 Å². The number of ether oxygens (including phenoxy) is 1. The van der Waals surface area contributed by atoms with Crippen LogP contribution in [-0.2, 0) is 6.61 Å². The number of aromatic nitrogens is 2. The van der Waals surface area contributed by atoms with Gasteiger partial charge in [0.25, 0.3) is 11.5 Å². The third-order valence-electron chi connectivity index (χ3n) is 4.53. The fourth-order valence-corrected chi connectivity index (χ4v) is 2.99. The maximum atomic E-state index is 13.3. The van der Waals surface area contributed by atoms with Crippen LogP contribution in [0.15, 0.2) is 77.7 Å². The molecule has 6 nitrogen and oxygen atoms in total. The Kier molecular flexibility index (Phi) is 5.26. The first-order valence-electron chi connectivity index (χ1n) is 9.27. The number of fused-ring (bicyclic) bond motifs is 1. The van der Waals surface area contributed by atoms with Crippen molar-refractivity contribution in [2.24, 2.45) is 0 Å². The Morgan fingerprint density at radius 2 is 1.97 bits per heavy atom. The quantitative estimate of drug-likeness (QED) is 0.547. The molecule has 0 bridgehead atoms. The van der Waals surface area contributed by atoms with Crippen LogP contribution in [0.3, 0.4) is 0 Å². The highest BCUT2D eigenvalue weighted by atomic mass is 19.1. The van der Waals surface area contributed by atoms with Gasteiger partial charge in [-0.15, -0.1) is 0 Å². The van der Waals surface area contributed by atoms with Crippen LogP contribution in [0.5, 0.6) is 5.75 Å². The predicted molar refractivity (Wildman–Crippen MR) is 111 cm³/mol. The van der Waals surface area contributed by atoms with E-state index in [1.54, 1.807) is 42.6 Å². The van der Waals surface area contributed by atoms with Crippen molar-refractivity contribution in [3.05, 3.63) is 106 Å². The van der Waals surface area contributed by atoms with Gasteiger partial charge < -0.3 is 10.1 Å². The molecule has 0 aliphatic rings. The molecule has 0 unspecified atom stereocenters. The number of aryl methyl sites for hydroxylation is 1. The Morgan fingerprint density at radius 3 is 2.80 bits per heavy atom. The number of halogens is 1. The zero-order valence-electron chi connectivity index (χ0n) is 16.1. The number of hydrogen-bond acceptors (Lipinski definition) is 4. The molecular weight excluding hydrogens is 385 g/mol. The molecule has 0 fully saturated rings. The van der Waals surface area contributed by atoms with E-state index in [-0.39, 0.29) is 17.7 Å². The summed E-state index contributed by atoms with van der Waals surface area (Å²) >= 11 is 0. The normalized spacial score (nSPS) is 10.7. The molecule has 0 saturated carbocycles. The smallest absolute Gasteiger partial charge is 0.258 e. The van der Waals surface area contributed by atoms with Crippen LogP contribution < -0.4 is 15.6 Å². The number of amides is 1. The third-order valence-corrected chi connectivity index (χ3v) is 4.53. The first kappa shape index (κ1) is 19.3. The molecule has 4 aromatic rings. The predicted octanol–water partition coefficient (Wildman–Crippen LogP) is 3.97. The zero-order valence-corrected chi connectivity index (χ0v) is 16.1. The van der Waals surface area contributed by atoms with Gasteiger partial charge in [0.05, 0.1) is 5.69 Å². The van der Waals surface area contributed by atoms with Gasteiger partial charge in [-0.2, -0.15) is 0 Å². The van der Waals surface area contributed by atoms with Crippen molar-refractivity contribution in [2.75, 3.05) is 5.32 Å². The van der Waals surface area contributed by atoms with Gasteiger partial charge in [-0.05, 0) is 48.9 Å². The molecule has 0 atom stereocenters. The Labute approximate surface area is 171 Å². The van der Waals surface area contributed by atoms with Crippen molar-refractivity contribution in [3.8, 4) is 5.75 Å². The van der Waals surface area contributed by atoms with Crippen molar-refractivity contribution in [1.82, 2.24) is 9.38 Å². The first-order valence-corrected chi connectivity index (χ1v) is 9.27. The van der Waals surface area contributed by atoms with E-state index in [1.807, 2.05) is 6.92 Å². The van der Waals surface area contributed by atoms with Crippen LogP contribution in [0.1, 0.15) is 21.6 Å². The van der Waals surface area contributed by atoms with Crippen LogP contribution in [0.4, 0.5) is 10.1 Å². The van der Waals surface area contributed by atoms with E-state index in [9.17, 15) is 14.0 Å². The number of anilines is 1. The van der Waals surface area contributed by atoms with Gasteiger partial charge in [0, 0.05) is 29.6 Å². The minimum absolute atomic E-state index is 0.1000. The van der Waals surface area contributed by atoms with Gasteiger partial charge in [-0.3, -0.25) is 14.0 Å². The highest BCUT2D eigenvalue weighted by molar-refractivity contribution is 6.04. The fourth-order valence-electron chi connectivity index (χ4n) is 2.99. The van der Waals surface area contributed by atoms with E-state index in [1.165, 1.54) is 34.7 Å². The molecular formula is C23H18FN3O3. The van der Waals surface area contributed by atoms with E-state index < -0.39 is 11.7 Å².